The first kappa shape index (κ1) is 65.9. The van der Waals surface area contributed by atoms with Crippen LogP contribution in [0, 0.1) is 19.8 Å². The normalized spacial score (nSPS) is 19.5. The molecule has 2 aromatic carbocycles. The number of ketones is 2. The Kier molecular flexibility index (Phi) is 19.5. The molecule has 0 radical (unpaired) electrons. The Hall–Kier alpha value is -8.59. The highest BCUT2D eigenvalue weighted by Gasteiger charge is 2.46. The molecule has 8 atom stereocenters. The summed E-state index contributed by atoms with van der Waals surface area (Å²) in [5.41, 5.74) is 7.70. The van der Waals surface area contributed by atoms with Crippen molar-refractivity contribution in [1.29, 1.82) is 0 Å². The van der Waals surface area contributed by atoms with Crippen LogP contribution in [-0.2, 0) is 25.6 Å². The quantitative estimate of drug-likeness (QED) is 0.0510. The third-order valence-corrected chi connectivity index (χ3v) is 21.4. The van der Waals surface area contributed by atoms with Crippen LogP contribution in [0.3, 0.4) is 0 Å². The van der Waals surface area contributed by atoms with E-state index in [1.54, 1.807) is 65.0 Å². The van der Waals surface area contributed by atoms with Crippen molar-refractivity contribution < 1.29 is 58.8 Å². The molecule has 24 nitrogen and oxygen atoms in total. The van der Waals surface area contributed by atoms with Gasteiger partial charge >= 0.3 is 5.97 Å². The number of thiazole rings is 6. The van der Waals surface area contributed by atoms with Gasteiger partial charge in [-0.2, -0.15) is 0 Å². The Balaban J connectivity index is 0.994. The molecule has 2 aliphatic heterocycles. The van der Waals surface area contributed by atoms with Gasteiger partial charge in [-0.25, -0.2) is 34.9 Å². The van der Waals surface area contributed by atoms with Crippen molar-refractivity contribution in [2.75, 3.05) is 6.54 Å². The van der Waals surface area contributed by atoms with Crippen LogP contribution >= 0.6 is 68.0 Å². The molecule has 0 aliphatic carbocycles. The van der Waals surface area contributed by atoms with Gasteiger partial charge in [-0.05, 0) is 51.0 Å². The number of amides is 5. The highest BCUT2D eigenvalue weighted by Crippen LogP contribution is 2.43. The van der Waals surface area contributed by atoms with E-state index in [1.165, 1.54) is 52.7 Å². The van der Waals surface area contributed by atoms with Gasteiger partial charge < -0.3 is 47.0 Å². The number of aliphatic carboxylic acids is 1. The fraction of sp³-hybridized carbons (Fsp3) is 0.317. The smallest absolute Gasteiger partial charge is 0.303 e. The van der Waals surface area contributed by atoms with Crippen molar-refractivity contribution in [3.63, 3.8) is 0 Å². The number of nitrogens with two attached hydrogens (primary N) is 1. The number of aryl methyl sites for hydroxylation is 2. The first-order chi connectivity index (χ1) is 44.4. The van der Waals surface area contributed by atoms with Gasteiger partial charge in [0.05, 0.1) is 53.4 Å². The number of carboxylic acid groups (broad SMARTS) is 1. The average Bonchev–Trinajstić information content (AvgIpc) is 1.66. The van der Waals surface area contributed by atoms with Crippen molar-refractivity contribution in [1.82, 2.24) is 55.7 Å². The minimum absolute atomic E-state index is 0.0103. The largest absolute Gasteiger partial charge is 0.481 e. The first-order valence-electron chi connectivity index (χ1n) is 29.1. The van der Waals surface area contributed by atoms with Gasteiger partial charge in [-0.1, -0.05) is 67.1 Å². The molecule has 9 heterocycles. The fourth-order valence-corrected chi connectivity index (χ4v) is 16.3. The van der Waals surface area contributed by atoms with Crippen LogP contribution in [0.4, 0.5) is 0 Å². The number of carbonyl (C=O) groups is 8. The minimum atomic E-state index is -1.77. The maximum Gasteiger partial charge on any atom is 0.303 e. The number of carboxylic acids is 1. The molecule has 10 bridgehead atoms. The van der Waals surface area contributed by atoms with Crippen molar-refractivity contribution >= 4 is 115 Å². The maximum atomic E-state index is 15.3. The lowest BCUT2D eigenvalue weighted by molar-refractivity contribution is -0.139. The molecule has 2 aliphatic rings. The van der Waals surface area contributed by atoms with Crippen LogP contribution in [0.5, 0.6) is 0 Å². The average molecular weight is 1370 g/mol. The van der Waals surface area contributed by atoms with Crippen LogP contribution in [0.25, 0.3) is 43.4 Å². The number of Topliss-reactive ketones (excluding diaryl/α,β-unsaturated/α-hetero) is 2. The van der Waals surface area contributed by atoms with E-state index in [0.717, 1.165) is 56.5 Å². The summed E-state index contributed by atoms with van der Waals surface area (Å²) in [6.07, 6.45) is -3.92. The summed E-state index contributed by atoms with van der Waals surface area (Å²) in [6.45, 7) is 7.97. The minimum Gasteiger partial charge on any atom is -0.481 e. The number of hydrogen-bond donors (Lipinski definition) is 8. The molecule has 0 saturated carbocycles. The topological polar surface area (TPSA) is 373 Å². The number of fused-ring (bicyclic) bond motifs is 16. The van der Waals surface area contributed by atoms with Crippen LogP contribution in [-0.4, -0.2) is 138 Å². The molecule has 30 heteroatoms. The predicted molar refractivity (Wildman–Crippen MR) is 350 cm³/mol. The summed E-state index contributed by atoms with van der Waals surface area (Å²) in [5, 5.41) is 61.9. The van der Waals surface area contributed by atoms with E-state index in [9.17, 15) is 54.0 Å². The molecule has 1 saturated heterocycles. The van der Waals surface area contributed by atoms with Crippen LogP contribution in [0.1, 0.15) is 149 Å². The summed E-state index contributed by atoms with van der Waals surface area (Å²) in [7, 11) is 0. The van der Waals surface area contributed by atoms with E-state index in [1.807, 2.05) is 38.1 Å². The van der Waals surface area contributed by atoms with E-state index in [0.29, 0.717) is 42.4 Å². The second kappa shape index (κ2) is 27.5. The lowest BCUT2D eigenvalue weighted by Gasteiger charge is -2.29. The molecule has 7 aromatic heterocycles. The van der Waals surface area contributed by atoms with Gasteiger partial charge in [-0.15, -0.1) is 68.0 Å². The standard InChI is InChI=1S/C63H60N12O12S6/c1-28-11-13-31(14-12-28)19-37-62(86)75-22-45(78)29(2)50(75)61-72-42(27-92-61)59-68-38(23-90-59)49-33(15-16-35(65-49)58-71-41(26-91-58)55(85)74-52(63(4,5)87)43(76)17-18-47(80)81)56-69-39(24-88-56)53(83)66-36(21-46(64)79)60-73-48(30(3)93-60)44(77)20-34(51(82)32-9-7-6-8-10-32)57-70-40(25-89-57)54(84)67-37/h6-16,23-27,29,34,36-37,45,50-52,78,82,87H,17-22H2,1-5H3,(H2,64,79)(H,66,83)(H,67,84)(H,74,85)(H,80,81)/t29-,34-,36-,37-,45-,50-,51+,52+/m0/s1. The zero-order valence-corrected chi connectivity index (χ0v) is 55.2. The number of rotatable bonds is 14. The van der Waals surface area contributed by atoms with Gasteiger partial charge in [0.25, 0.3) is 17.7 Å². The van der Waals surface area contributed by atoms with Gasteiger partial charge in [0.2, 0.25) is 11.8 Å². The van der Waals surface area contributed by atoms with E-state index >= 15 is 4.79 Å². The summed E-state index contributed by atoms with van der Waals surface area (Å²) in [6, 6.07) is 15.0. The Morgan fingerprint density at radius 3 is 2.06 bits per heavy atom. The molecule has 9 N–H and O–H groups in total. The number of aromatic nitrogens is 7. The third-order valence-electron chi connectivity index (χ3n) is 15.8. The Bertz CT molecular complexity index is 4340. The van der Waals surface area contributed by atoms with E-state index in [2.05, 4.69) is 25.9 Å². The van der Waals surface area contributed by atoms with Gasteiger partial charge in [0.1, 0.15) is 77.0 Å². The van der Waals surface area contributed by atoms with Crippen molar-refractivity contribution in [3.05, 3.63) is 153 Å². The zero-order chi connectivity index (χ0) is 66.2. The Labute approximate surface area is 555 Å². The predicted octanol–water partition coefficient (Wildman–Crippen LogP) is 8.08. The Morgan fingerprint density at radius 2 is 1.34 bits per heavy atom. The van der Waals surface area contributed by atoms with E-state index < -0.39 is 120 Å². The number of hydrogen-bond acceptors (Lipinski definition) is 24. The summed E-state index contributed by atoms with van der Waals surface area (Å²) < 4.78 is 0. The van der Waals surface area contributed by atoms with Gasteiger partial charge in [0, 0.05) is 75.0 Å². The lowest BCUT2D eigenvalue weighted by Crippen LogP contribution is -2.54. The Morgan fingerprint density at radius 1 is 0.710 bits per heavy atom. The number of benzene rings is 2. The molecule has 0 unspecified atom stereocenters. The summed E-state index contributed by atoms with van der Waals surface area (Å²) >= 11 is 6.78. The number of aliphatic hydroxyl groups excluding tert-OH is 2. The van der Waals surface area contributed by atoms with E-state index in [-0.39, 0.29) is 68.6 Å². The third kappa shape index (κ3) is 14.6. The zero-order valence-electron chi connectivity index (χ0n) is 50.3. The molecule has 93 heavy (non-hydrogen) atoms. The molecule has 480 valence electrons. The summed E-state index contributed by atoms with van der Waals surface area (Å²) in [4.78, 5) is 145. The van der Waals surface area contributed by atoms with Crippen molar-refractivity contribution in [3.8, 4) is 43.4 Å². The van der Waals surface area contributed by atoms with Crippen molar-refractivity contribution in [2.45, 2.75) is 115 Å². The fourth-order valence-electron chi connectivity index (χ4n) is 10.9. The highest BCUT2D eigenvalue weighted by atomic mass is 32.1. The molecular formula is C63H60N12O12S6. The molecule has 11 rings (SSSR count). The van der Waals surface area contributed by atoms with Crippen LogP contribution in [0.15, 0.2) is 93.6 Å². The SMILES string of the molecule is Cc1ccc(C[C@@H]2NC(=O)c3csc(n3)[C@H]([C@H](O)c3ccccc3)CC(=O)c3nc(sc3C)[C@H](CC(N)=O)NC(=O)c3csc(n3)-c3ccc(-c4nc(C(=O)N[C@H](C(=O)CCC(=O)O)C(C)(C)O)cs4)nc3-c3csc(n3)-c3csc(n3)[C@@H]3[C@@H](C)[C@@H](O)CN3C2=O)cc1. The van der Waals surface area contributed by atoms with Gasteiger partial charge in [0.15, 0.2) is 11.6 Å². The van der Waals surface area contributed by atoms with E-state index in [4.69, 9.17) is 30.7 Å². The number of primary amides is 1. The monoisotopic (exact) mass is 1370 g/mol. The number of aliphatic hydroxyl groups is 3. The highest BCUT2D eigenvalue weighted by molar-refractivity contribution is 7.15. The number of carbonyl (C=O) groups excluding carboxylic acids is 7. The second-order valence-electron chi connectivity index (χ2n) is 23.1. The summed E-state index contributed by atoms with van der Waals surface area (Å²) in [5.74, 6) is -7.45. The molecule has 1 fully saturated rings. The molecule has 0 spiro atoms. The number of pyridine rings is 1. The lowest BCUT2D eigenvalue weighted by atomic mass is 9.90. The molecule has 9 aromatic rings. The second-order valence-corrected chi connectivity index (χ2v) is 28.7. The number of nitrogens with one attached hydrogen (secondary N) is 3. The first-order valence-corrected chi connectivity index (χ1v) is 34.3. The van der Waals surface area contributed by atoms with Crippen LogP contribution in [0.2, 0.25) is 0 Å². The molecule has 5 amide bonds. The molecular weight excluding hydrogens is 1310 g/mol. The van der Waals surface area contributed by atoms with Gasteiger partial charge in [-0.3, -0.25) is 38.4 Å². The number of nitrogens with zero attached hydrogens (tertiary/aromatic N) is 8. The van der Waals surface area contributed by atoms with Crippen LogP contribution < -0.4 is 21.7 Å². The van der Waals surface area contributed by atoms with Crippen molar-refractivity contribution in [2.24, 2.45) is 11.7 Å². The maximum absolute atomic E-state index is 15.3.